The normalized spacial score (nSPS) is 17.5. The summed E-state index contributed by atoms with van der Waals surface area (Å²) in [5.74, 6) is 1.36. The van der Waals surface area contributed by atoms with Crippen molar-refractivity contribution in [3.8, 4) is 0 Å². The van der Waals surface area contributed by atoms with Crippen LogP contribution >= 0.6 is 0 Å². The van der Waals surface area contributed by atoms with Crippen LogP contribution in [0.5, 0.6) is 0 Å². The van der Waals surface area contributed by atoms with Crippen LogP contribution in [0.3, 0.4) is 0 Å². The average Bonchev–Trinajstić information content (AvgIpc) is 3.13. The van der Waals surface area contributed by atoms with E-state index >= 15 is 0 Å². The SMILES string of the molecule is CCOC(C)c1noc(CN2CCN(C(=O)C(CC)(CC)CN)CC2)n1. The lowest BCUT2D eigenvalue weighted by Gasteiger charge is -2.40. The number of piperazine rings is 1. The van der Waals surface area contributed by atoms with Gasteiger partial charge in [-0.15, -0.1) is 0 Å². The third-order valence-electron chi connectivity index (χ3n) is 5.48. The molecule has 1 unspecified atom stereocenters. The standard InChI is InChI=1S/C18H33N5O3/c1-5-18(6-2,13-19)17(24)23-10-8-22(9-11-23)12-15-20-16(21-26-15)14(4)25-7-3/h14H,5-13,19H2,1-4H3. The Balaban J connectivity index is 1.88. The van der Waals surface area contributed by atoms with Gasteiger partial charge < -0.3 is 19.9 Å². The first kappa shape index (κ1) is 20.8. The molecule has 0 aromatic carbocycles. The lowest BCUT2D eigenvalue weighted by Crippen LogP contribution is -2.54. The monoisotopic (exact) mass is 367 g/mol. The van der Waals surface area contributed by atoms with Crippen molar-refractivity contribution in [2.75, 3.05) is 39.3 Å². The van der Waals surface area contributed by atoms with E-state index in [1.807, 2.05) is 32.6 Å². The highest BCUT2D eigenvalue weighted by Gasteiger charge is 2.37. The van der Waals surface area contributed by atoms with Gasteiger partial charge >= 0.3 is 0 Å². The predicted octanol–water partition coefficient (Wildman–Crippen LogP) is 1.58. The third kappa shape index (κ3) is 4.61. The molecular formula is C18H33N5O3. The van der Waals surface area contributed by atoms with Gasteiger partial charge in [-0.3, -0.25) is 9.69 Å². The van der Waals surface area contributed by atoms with Crippen molar-refractivity contribution >= 4 is 5.91 Å². The Morgan fingerprint density at radius 2 is 1.92 bits per heavy atom. The summed E-state index contributed by atoms with van der Waals surface area (Å²) < 4.78 is 10.8. The van der Waals surface area contributed by atoms with Crippen LogP contribution in [0.4, 0.5) is 0 Å². The minimum Gasteiger partial charge on any atom is -0.371 e. The summed E-state index contributed by atoms with van der Waals surface area (Å²) in [5.41, 5.74) is 5.50. The Kier molecular flexibility index (Phi) is 7.55. The van der Waals surface area contributed by atoms with Gasteiger partial charge in [0.15, 0.2) is 5.82 Å². The van der Waals surface area contributed by atoms with Gasteiger partial charge in [0.1, 0.15) is 6.10 Å². The number of hydrogen-bond acceptors (Lipinski definition) is 7. The van der Waals surface area contributed by atoms with Crippen molar-refractivity contribution in [3.63, 3.8) is 0 Å². The maximum Gasteiger partial charge on any atom is 0.240 e. The summed E-state index contributed by atoms with van der Waals surface area (Å²) in [7, 11) is 0. The molecule has 1 fully saturated rings. The van der Waals surface area contributed by atoms with E-state index in [9.17, 15) is 4.79 Å². The van der Waals surface area contributed by atoms with Gasteiger partial charge in [-0.05, 0) is 26.7 Å². The maximum atomic E-state index is 12.9. The van der Waals surface area contributed by atoms with E-state index < -0.39 is 5.41 Å². The number of hydrogen-bond donors (Lipinski definition) is 1. The second-order valence-electron chi connectivity index (χ2n) is 6.90. The van der Waals surface area contributed by atoms with Crippen LogP contribution in [-0.2, 0) is 16.1 Å². The van der Waals surface area contributed by atoms with E-state index in [0.717, 1.165) is 25.9 Å². The largest absolute Gasteiger partial charge is 0.371 e. The molecule has 1 saturated heterocycles. The fourth-order valence-electron chi connectivity index (χ4n) is 3.39. The fraction of sp³-hybridized carbons (Fsp3) is 0.833. The number of rotatable bonds is 9. The van der Waals surface area contributed by atoms with Crippen LogP contribution in [0.1, 0.15) is 58.4 Å². The molecule has 0 aliphatic carbocycles. The molecule has 8 heteroatoms. The summed E-state index contributed by atoms with van der Waals surface area (Å²) in [6, 6.07) is 0. The van der Waals surface area contributed by atoms with Gasteiger partial charge in [0.25, 0.3) is 0 Å². The molecule has 0 saturated carbocycles. The number of nitrogens with zero attached hydrogens (tertiary/aromatic N) is 4. The van der Waals surface area contributed by atoms with E-state index in [4.69, 9.17) is 15.0 Å². The number of carbonyl (C=O) groups is 1. The molecule has 1 aromatic heterocycles. The number of ether oxygens (including phenoxy) is 1. The Morgan fingerprint density at radius 3 is 2.46 bits per heavy atom. The zero-order valence-electron chi connectivity index (χ0n) is 16.5. The van der Waals surface area contributed by atoms with Crippen LogP contribution in [0.2, 0.25) is 0 Å². The molecule has 1 aliphatic rings. The van der Waals surface area contributed by atoms with Crippen molar-refractivity contribution < 1.29 is 14.1 Å². The van der Waals surface area contributed by atoms with E-state index in [0.29, 0.717) is 44.5 Å². The van der Waals surface area contributed by atoms with Crippen LogP contribution in [-0.4, -0.2) is 65.2 Å². The molecule has 2 rings (SSSR count). The zero-order valence-corrected chi connectivity index (χ0v) is 16.5. The second-order valence-corrected chi connectivity index (χ2v) is 6.90. The Bertz CT molecular complexity index is 557. The molecule has 1 aromatic rings. The summed E-state index contributed by atoms with van der Waals surface area (Å²) in [4.78, 5) is 21.5. The Labute approximate surface area is 156 Å². The summed E-state index contributed by atoms with van der Waals surface area (Å²) in [6.07, 6.45) is 1.39. The van der Waals surface area contributed by atoms with E-state index in [1.165, 1.54) is 0 Å². The van der Waals surface area contributed by atoms with Crippen molar-refractivity contribution in [3.05, 3.63) is 11.7 Å². The predicted molar refractivity (Wildman–Crippen MR) is 98.3 cm³/mol. The highest BCUT2D eigenvalue weighted by molar-refractivity contribution is 5.83. The molecule has 2 N–H and O–H groups in total. The molecule has 1 atom stereocenters. The lowest BCUT2D eigenvalue weighted by molar-refractivity contribution is -0.144. The molecule has 0 bridgehead atoms. The van der Waals surface area contributed by atoms with Gasteiger partial charge in [0.2, 0.25) is 11.8 Å². The van der Waals surface area contributed by atoms with Crippen LogP contribution < -0.4 is 5.73 Å². The first-order chi connectivity index (χ1) is 12.5. The van der Waals surface area contributed by atoms with Crippen molar-refractivity contribution in [2.24, 2.45) is 11.1 Å². The maximum absolute atomic E-state index is 12.9. The third-order valence-corrected chi connectivity index (χ3v) is 5.48. The van der Waals surface area contributed by atoms with E-state index in [1.54, 1.807) is 0 Å². The average molecular weight is 367 g/mol. The Morgan fingerprint density at radius 1 is 1.27 bits per heavy atom. The van der Waals surface area contributed by atoms with Crippen LogP contribution in [0.15, 0.2) is 4.52 Å². The first-order valence-electron chi connectivity index (χ1n) is 9.65. The van der Waals surface area contributed by atoms with Gasteiger partial charge in [-0.25, -0.2) is 0 Å². The number of amides is 1. The van der Waals surface area contributed by atoms with Gasteiger partial charge in [0, 0.05) is 39.3 Å². The fourth-order valence-corrected chi connectivity index (χ4v) is 3.39. The molecule has 1 amide bonds. The smallest absolute Gasteiger partial charge is 0.240 e. The van der Waals surface area contributed by atoms with Crippen molar-refractivity contribution in [1.29, 1.82) is 0 Å². The van der Waals surface area contributed by atoms with Crippen molar-refractivity contribution in [2.45, 2.75) is 53.2 Å². The second kappa shape index (κ2) is 9.43. The minimum atomic E-state index is -0.418. The minimum absolute atomic E-state index is 0.167. The molecule has 0 radical (unpaired) electrons. The van der Waals surface area contributed by atoms with E-state index in [2.05, 4.69) is 15.0 Å². The van der Waals surface area contributed by atoms with Crippen LogP contribution in [0, 0.1) is 5.41 Å². The topological polar surface area (TPSA) is 97.7 Å². The lowest BCUT2D eigenvalue weighted by atomic mass is 9.81. The zero-order chi connectivity index (χ0) is 19.2. The van der Waals surface area contributed by atoms with Crippen molar-refractivity contribution in [1.82, 2.24) is 19.9 Å². The first-order valence-corrected chi connectivity index (χ1v) is 9.65. The van der Waals surface area contributed by atoms with E-state index in [-0.39, 0.29) is 12.0 Å². The van der Waals surface area contributed by atoms with Gasteiger partial charge in [-0.2, -0.15) is 4.98 Å². The number of aromatic nitrogens is 2. The summed E-state index contributed by atoms with van der Waals surface area (Å²) in [5, 5.41) is 3.99. The molecular weight excluding hydrogens is 334 g/mol. The highest BCUT2D eigenvalue weighted by Crippen LogP contribution is 2.28. The summed E-state index contributed by atoms with van der Waals surface area (Å²) >= 11 is 0. The van der Waals surface area contributed by atoms with Crippen LogP contribution in [0.25, 0.3) is 0 Å². The number of carbonyl (C=O) groups excluding carboxylic acids is 1. The molecule has 148 valence electrons. The molecule has 8 nitrogen and oxygen atoms in total. The molecule has 0 spiro atoms. The van der Waals surface area contributed by atoms with Gasteiger partial charge in [-0.1, -0.05) is 19.0 Å². The Hall–Kier alpha value is -1.51. The number of nitrogens with two attached hydrogens (primary N) is 1. The quantitative estimate of drug-likeness (QED) is 0.707. The van der Waals surface area contributed by atoms with Gasteiger partial charge in [0.05, 0.1) is 12.0 Å². The summed E-state index contributed by atoms with van der Waals surface area (Å²) in [6.45, 7) is 12.5. The molecule has 2 heterocycles. The highest BCUT2D eigenvalue weighted by atomic mass is 16.5. The molecule has 26 heavy (non-hydrogen) atoms. The molecule has 1 aliphatic heterocycles.